The van der Waals surface area contributed by atoms with E-state index in [1.807, 2.05) is 44.3 Å². The Bertz CT molecular complexity index is 890. The molecule has 0 aromatic heterocycles. The first-order valence-corrected chi connectivity index (χ1v) is 8.82. The molecule has 8 nitrogen and oxygen atoms in total. The molecule has 0 bridgehead atoms. The third kappa shape index (κ3) is 3.07. The Morgan fingerprint density at radius 3 is 3.04 bits per heavy atom. The van der Waals surface area contributed by atoms with Crippen LogP contribution in [0.1, 0.15) is 12.5 Å². The second kappa shape index (κ2) is 6.40. The Labute approximate surface area is 157 Å². The van der Waals surface area contributed by atoms with Crippen LogP contribution in [0.5, 0.6) is 5.75 Å². The molecule has 3 aliphatic rings. The van der Waals surface area contributed by atoms with E-state index in [9.17, 15) is 9.90 Å². The van der Waals surface area contributed by atoms with Crippen molar-refractivity contribution in [1.82, 2.24) is 10.4 Å². The van der Waals surface area contributed by atoms with Gasteiger partial charge in [0.1, 0.15) is 11.4 Å². The Balaban J connectivity index is 1.65. The maximum absolute atomic E-state index is 12.9. The minimum absolute atomic E-state index is 0.0655. The normalized spacial score (nSPS) is 22.6. The molecule has 142 valence electrons. The minimum Gasteiger partial charge on any atom is -0.484 e. The molecular weight excluding hydrogens is 346 g/mol. The zero-order valence-corrected chi connectivity index (χ0v) is 15.6. The summed E-state index contributed by atoms with van der Waals surface area (Å²) < 4.78 is 5.92. The summed E-state index contributed by atoms with van der Waals surface area (Å²) >= 11 is 0. The van der Waals surface area contributed by atoms with Crippen molar-refractivity contribution in [2.24, 2.45) is 4.99 Å². The molecule has 3 N–H and O–H groups in total. The van der Waals surface area contributed by atoms with Crippen LogP contribution in [0.25, 0.3) is 0 Å². The molecule has 8 heteroatoms. The molecule has 0 spiro atoms. The highest BCUT2D eigenvalue weighted by molar-refractivity contribution is 6.07. The number of nitrogens with one attached hydrogen (secondary N) is 2. The van der Waals surface area contributed by atoms with Crippen LogP contribution in [0.2, 0.25) is 0 Å². The fraction of sp³-hybridized carbons (Fsp3) is 0.368. The van der Waals surface area contributed by atoms with Crippen molar-refractivity contribution in [3.8, 4) is 5.75 Å². The van der Waals surface area contributed by atoms with Crippen molar-refractivity contribution in [2.45, 2.75) is 18.9 Å². The number of fused-ring (bicyclic) bond motifs is 2. The molecule has 1 aromatic carbocycles. The van der Waals surface area contributed by atoms with Crippen molar-refractivity contribution >= 4 is 23.5 Å². The largest absolute Gasteiger partial charge is 0.484 e. The van der Waals surface area contributed by atoms with Crippen LogP contribution in [0.4, 0.5) is 11.4 Å². The van der Waals surface area contributed by atoms with Gasteiger partial charge in [0, 0.05) is 51.1 Å². The van der Waals surface area contributed by atoms with Gasteiger partial charge < -0.3 is 20.1 Å². The predicted octanol–water partition coefficient (Wildman–Crippen LogP) is 1.01. The molecular formula is C19H23N5O3. The van der Waals surface area contributed by atoms with Crippen LogP contribution in [0.15, 0.2) is 40.8 Å². The van der Waals surface area contributed by atoms with Crippen LogP contribution in [0.3, 0.4) is 0 Å². The number of aliphatic hydroxyl groups is 1. The number of benzene rings is 1. The number of ether oxygens (including phenoxy) is 1. The van der Waals surface area contributed by atoms with Gasteiger partial charge in [-0.1, -0.05) is 0 Å². The highest BCUT2D eigenvalue weighted by atomic mass is 16.5. The average molecular weight is 369 g/mol. The van der Waals surface area contributed by atoms with Crippen LogP contribution < -0.4 is 20.4 Å². The highest BCUT2D eigenvalue weighted by Gasteiger charge is 2.35. The van der Waals surface area contributed by atoms with Gasteiger partial charge in [-0.3, -0.25) is 9.80 Å². The summed E-state index contributed by atoms with van der Waals surface area (Å²) in [6.07, 6.45) is 5.89. The number of anilines is 2. The molecule has 0 saturated carbocycles. The van der Waals surface area contributed by atoms with Crippen molar-refractivity contribution in [3.63, 3.8) is 0 Å². The molecule has 1 aromatic rings. The van der Waals surface area contributed by atoms with E-state index in [1.54, 1.807) is 17.3 Å². The smallest absolute Gasteiger partial charge is 0.256 e. The fourth-order valence-corrected chi connectivity index (χ4v) is 3.45. The van der Waals surface area contributed by atoms with Gasteiger partial charge in [0.15, 0.2) is 5.82 Å². The molecule has 4 rings (SSSR count). The molecule has 0 radical (unpaired) electrons. The lowest BCUT2D eigenvalue weighted by atomic mass is 9.99. The van der Waals surface area contributed by atoms with Gasteiger partial charge in [0.25, 0.3) is 5.91 Å². The van der Waals surface area contributed by atoms with Gasteiger partial charge in [-0.2, -0.15) is 0 Å². The van der Waals surface area contributed by atoms with Gasteiger partial charge in [-0.25, -0.2) is 10.4 Å². The van der Waals surface area contributed by atoms with Gasteiger partial charge >= 0.3 is 0 Å². The van der Waals surface area contributed by atoms with Crippen LogP contribution in [0, 0.1) is 0 Å². The molecule has 1 amide bonds. The van der Waals surface area contributed by atoms with Gasteiger partial charge in [-0.15, -0.1) is 0 Å². The lowest BCUT2D eigenvalue weighted by Gasteiger charge is -2.21. The summed E-state index contributed by atoms with van der Waals surface area (Å²) in [7, 11) is 3.82. The summed E-state index contributed by atoms with van der Waals surface area (Å²) in [5, 5.41) is 14.4. The zero-order chi connectivity index (χ0) is 19.2. The summed E-state index contributed by atoms with van der Waals surface area (Å²) in [5.74, 6) is 1.16. The Morgan fingerprint density at radius 2 is 2.30 bits per heavy atom. The summed E-state index contributed by atoms with van der Waals surface area (Å²) in [4.78, 5) is 19.1. The topological polar surface area (TPSA) is 89.4 Å². The number of aliphatic hydroxyl groups excluding tert-OH is 1. The first kappa shape index (κ1) is 17.6. The van der Waals surface area contributed by atoms with Gasteiger partial charge in [0.05, 0.1) is 23.6 Å². The molecule has 0 aliphatic carbocycles. The maximum Gasteiger partial charge on any atom is 0.256 e. The third-order valence-corrected chi connectivity index (χ3v) is 4.88. The number of hydrogen-bond acceptors (Lipinski definition) is 7. The second-order valence-electron chi connectivity index (χ2n) is 7.34. The average Bonchev–Trinajstić information content (AvgIpc) is 3.21. The molecule has 27 heavy (non-hydrogen) atoms. The van der Waals surface area contributed by atoms with E-state index < -0.39 is 5.60 Å². The van der Waals surface area contributed by atoms with E-state index in [0.29, 0.717) is 30.0 Å². The molecule has 1 atom stereocenters. The Hall–Kier alpha value is -2.84. The fourth-order valence-electron chi connectivity index (χ4n) is 3.45. The quantitative estimate of drug-likeness (QED) is 0.734. The summed E-state index contributed by atoms with van der Waals surface area (Å²) in [6, 6.07) is 3.84. The molecule has 3 heterocycles. The predicted molar refractivity (Wildman–Crippen MR) is 104 cm³/mol. The number of amides is 1. The zero-order valence-electron chi connectivity index (χ0n) is 15.6. The number of hydrogen-bond donors (Lipinski definition) is 3. The SMILES string of the molecule is CN(C)c1cc2c(cc1NC(=O)C1=C3N=CC=CN3NC1)CC(C)(CO)O2. The van der Waals surface area contributed by atoms with Crippen LogP contribution in [-0.4, -0.2) is 55.1 Å². The third-order valence-electron chi connectivity index (χ3n) is 4.88. The van der Waals surface area contributed by atoms with Crippen molar-refractivity contribution in [1.29, 1.82) is 0 Å². The van der Waals surface area contributed by atoms with Crippen molar-refractivity contribution in [2.75, 3.05) is 37.5 Å². The number of allylic oxidation sites excluding steroid dienone is 1. The van der Waals surface area contributed by atoms with E-state index in [-0.39, 0.29) is 12.5 Å². The van der Waals surface area contributed by atoms with E-state index in [4.69, 9.17) is 4.74 Å². The summed E-state index contributed by atoms with van der Waals surface area (Å²) in [5.41, 5.74) is 5.58. The number of aliphatic imine (C=N–C) groups is 1. The minimum atomic E-state index is -0.627. The summed E-state index contributed by atoms with van der Waals surface area (Å²) in [6.45, 7) is 2.22. The van der Waals surface area contributed by atoms with E-state index in [2.05, 4.69) is 15.7 Å². The monoisotopic (exact) mass is 369 g/mol. The van der Waals surface area contributed by atoms with Gasteiger partial charge in [-0.05, 0) is 19.1 Å². The lowest BCUT2D eigenvalue weighted by molar-refractivity contribution is -0.112. The maximum atomic E-state index is 12.9. The van der Waals surface area contributed by atoms with E-state index in [0.717, 1.165) is 17.0 Å². The first-order valence-electron chi connectivity index (χ1n) is 8.82. The lowest BCUT2D eigenvalue weighted by Crippen LogP contribution is -2.34. The number of hydrazine groups is 1. The number of carbonyl (C=O) groups excluding carboxylic acids is 1. The molecule has 1 unspecified atom stereocenters. The molecule has 0 fully saturated rings. The van der Waals surface area contributed by atoms with Crippen molar-refractivity contribution in [3.05, 3.63) is 41.4 Å². The van der Waals surface area contributed by atoms with E-state index in [1.165, 1.54) is 0 Å². The van der Waals surface area contributed by atoms with Crippen molar-refractivity contribution < 1.29 is 14.6 Å². The Morgan fingerprint density at radius 1 is 1.48 bits per heavy atom. The van der Waals surface area contributed by atoms with Crippen LogP contribution in [-0.2, 0) is 11.2 Å². The number of rotatable bonds is 4. The standard InChI is InChI=1S/C19H23N5O3/c1-19(11-25)9-12-7-14(15(23(2)3)8-16(12)27-19)22-18(26)13-10-21-24-6-4-5-20-17(13)24/h4-8,21,25H,9-11H2,1-3H3,(H,22,26). The molecule has 3 aliphatic heterocycles. The Kier molecular flexibility index (Phi) is 4.16. The van der Waals surface area contributed by atoms with Crippen LogP contribution >= 0.6 is 0 Å². The highest BCUT2D eigenvalue weighted by Crippen LogP contribution is 2.41. The van der Waals surface area contributed by atoms with E-state index >= 15 is 0 Å². The first-order chi connectivity index (χ1) is 12.9. The number of carbonyl (C=O) groups is 1. The second-order valence-corrected chi connectivity index (χ2v) is 7.34. The molecule has 0 saturated heterocycles. The van der Waals surface area contributed by atoms with Gasteiger partial charge in [0.2, 0.25) is 0 Å². The number of nitrogens with zero attached hydrogens (tertiary/aromatic N) is 3.